The van der Waals surface area contributed by atoms with Gasteiger partial charge in [0, 0.05) is 11.8 Å². The Kier molecular flexibility index (Phi) is 1.16. The van der Waals surface area contributed by atoms with Gasteiger partial charge < -0.3 is 5.73 Å². The third-order valence-corrected chi connectivity index (χ3v) is 1.93. The molecule has 0 saturated heterocycles. The van der Waals surface area contributed by atoms with Gasteiger partial charge in [0.2, 0.25) is 0 Å². The van der Waals surface area contributed by atoms with Crippen molar-refractivity contribution in [2.24, 2.45) is 0 Å². The minimum Gasteiger partial charge on any atom is -0.398 e. The third-order valence-electron chi connectivity index (χ3n) is 1.93. The lowest BCUT2D eigenvalue weighted by atomic mass is 10.1. The maximum atomic E-state index is 5.70. The van der Waals surface area contributed by atoms with Crippen LogP contribution in [0.3, 0.4) is 0 Å². The van der Waals surface area contributed by atoms with Gasteiger partial charge in [-0.2, -0.15) is 0 Å². The number of hydrogen-bond acceptors (Lipinski definition) is 1. The van der Waals surface area contributed by atoms with Crippen molar-refractivity contribution in [3.8, 4) is 0 Å². The SMILES string of the molecule is Nc1[c]ccc2c1CC[CH]2. The standard InChI is InChI=1S/C9H9N/c10-9-6-2-4-7-3-1-5-8(7)9/h2-4H,1,5,10H2. The average molecular weight is 131 g/mol. The van der Waals surface area contributed by atoms with Crippen LogP contribution in [0, 0.1) is 12.5 Å². The van der Waals surface area contributed by atoms with Crippen molar-refractivity contribution >= 4 is 5.69 Å². The molecule has 1 aliphatic carbocycles. The van der Waals surface area contributed by atoms with Crippen LogP contribution in [0.15, 0.2) is 12.1 Å². The lowest BCUT2D eigenvalue weighted by molar-refractivity contribution is 1.04. The van der Waals surface area contributed by atoms with E-state index >= 15 is 0 Å². The molecule has 0 bridgehead atoms. The van der Waals surface area contributed by atoms with E-state index in [1.165, 1.54) is 11.1 Å². The van der Waals surface area contributed by atoms with Gasteiger partial charge in [-0.3, -0.25) is 0 Å². The summed E-state index contributed by atoms with van der Waals surface area (Å²) in [5.41, 5.74) is 9.10. The van der Waals surface area contributed by atoms with E-state index in [0.29, 0.717) is 0 Å². The molecule has 0 atom stereocenters. The number of rotatable bonds is 0. The normalized spacial score (nSPS) is 15.2. The Morgan fingerprint density at radius 1 is 1.50 bits per heavy atom. The van der Waals surface area contributed by atoms with Crippen molar-refractivity contribution < 1.29 is 0 Å². The first-order valence-corrected chi connectivity index (χ1v) is 3.50. The molecule has 1 aromatic rings. The Bertz CT molecular complexity index is 253. The van der Waals surface area contributed by atoms with Crippen molar-refractivity contribution in [3.63, 3.8) is 0 Å². The highest BCUT2D eigenvalue weighted by molar-refractivity contribution is 5.54. The van der Waals surface area contributed by atoms with Crippen molar-refractivity contribution in [3.05, 3.63) is 35.7 Å². The van der Waals surface area contributed by atoms with Crippen LogP contribution >= 0.6 is 0 Å². The summed E-state index contributed by atoms with van der Waals surface area (Å²) in [7, 11) is 0. The van der Waals surface area contributed by atoms with E-state index in [-0.39, 0.29) is 0 Å². The number of fused-ring (bicyclic) bond motifs is 1. The Morgan fingerprint density at radius 3 is 3.20 bits per heavy atom. The molecule has 2 N–H and O–H groups in total. The molecule has 0 spiro atoms. The predicted octanol–water partition coefficient (Wildman–Crippen LogP) is 1.57. The van der Waals surface area contributed by atoms with Gasteiger partial charge >= 0.3 is 0 Å². The van der Waals surface area contributed by atoms with Crippen molar-refractivity contribution in [1.82, 2.24) is 0 Å². The molecular formula is C9H9N. The molecule has 2 radical (unpaired) electrons. The van der Waals surface area contributed by atoms with Gasteiger partial charge in [-0.05, 0) is 30.4 Å². The fourth-order valence-corrected chi connectivity index (χ4v) is 1.41. The van der Waals surface area contributed by atoms with E-state index in [0.717, 1.165) is 18.5 Å². The molecule has 10 heavy (non-hydrogen) atoms. The number of nitrogen functional groups attached to an aromatic ring is 1. The van der Waals surface area contributed by atoms with E-state index in [1.807, 2.05) is 6.07 Å². The Balaban J connectivity index is 2.59. The topological polar surface area (TPSA) is 26.0 Å². The lowest BCUT2D eigenvalue weighted by Crippen LogP contribution is -1.91. The number of hydrogen-bond donors (Lipinski definition) is 1. The molecular weight excluding hydrogens is 122 g/mol. The summed E-state index contributed by atoms with van der Waals surface area (Å²) in [6.45, 7) is 0. The monoisotopic (exact) mass is 131 g/mol. The van der Waals surface area contributed by atoms with Gasteiger partial charge in [-0.1, -0.05) is 12.1 Å². The second kappa shape index (κ2) is 2.01. The maximum Gasteiger partial charge on any atom is 0.0429 e. The fourth-order valence-electron chi connectivity index (χ4n) is 1.41. The minimum absolute atomic E-state index is 0.825. The second-order valence-electron chi connectivity index (χ2n) is 2.57. The Morgan fingerprint density at radius 2 is 2.40 bits per heavy atom. The van der Waals surface area contributed by atoms with Crippen LogP contribution < -0.4 is 5.73 Å². The third kappa shape index (κ3) is 0.703. The predicted molar refractivity (Wildman–Crippen MR) is 41.4 cm³/mol. The van der Waals surface area contributed by atoms with E-state index < -0.39 is 0 Å². The zero-order valence-electron chi connectivity index (χ0n) is 5.72. The molecule has 0 amide bonds. The van der Waals surface area contributed by atoms with Crippen LogP contribution in [0.4, 0.5) is 5.69 Å². The highest BCUT2D eigenvalue weighted by Crippen LogP contribution is 2.27. The molecule has 0 fully saturated rings. The minimum atomic E-state index is 0.825. The average Bonchev–Trinajstić information content (AvgIpc) is 2.36. The van der Waals surface area contributed by atoms with Crippen LogP contribution in [0.2, 0.25) is 0 Å². The quantitative estimate of drug-likeness (QED) is 0.531. The van der Waals surface area contributed by atoms with Crippen LogP contribution in [0.1, 0.15) is 17.5 Å². The van der Waals surface area contributed by atoms with Gasteiger partial charge in [0.25, 0.3) is 0 Å². The summed E-state index contributed by atoms with van der Waals surface area (Å²) < 4.78 is 0. The summed E-state index contributed by atoms with van der Waals surface area (Å²) in [6, 6.07) is 6.94. The molecule has 0 unspecified atom stereocenters. The molecule has 0 heterocycles. The molecule has 1 nitrogen and oxygen atoms in total. The van der Waals surface area contributed by atoms with E-state index in [2.05, 4.69) is 18.6 Å². The van der Waals surface area contributed by atoms with Gasteiger partial charge in [-0.15, -0.1) is 0 Å². The number of anilines is 1. The summed E-state index contributed by atoms with van der Waals surface area (Å²) >= 11 is 0. The van der Waals surface area contributed by atoms with Gasteiger partial charge in [0.15, 0.2) is 0 Å². The van der Waals surface area contributed by atoms with Crippen LogP contribution in [-0.4, -0.2) is 0 Å². The summed E-state index contributed by atoms with van der Waals surface area (Å²) in [5, 5.41) is 0. The van der Waals surface area contributed by atoms with Crippen molar-refractivity contribution in [1.29, 1.82) is 0 Å². The molecule has 1 aliphatic rings. The first kappa shape index (κ1) is 5.78. The zero-order valence-corrected chi connectivity index (χ0v) is 5.72. The summed E-state index contributed by atoms with van der Waals surface area (Å²) in [4.78, 5) is 0. The highest BCUT2D eigenvalue weighted by atomic mass is 14.6. The largest absolute Gasteiger partial charge is 0.398 e. The zero-order chi connectivity index (χ0) is 6.97. The molecule has 1 aromatic carbocycles. The molecule has 0 aliphatic heterocycles. The van der Waals surface area contributed by atoms with E-state index in [9.17, 15) is 0 Å². The van der Waals surface area contributed by atoms with Crippen LogP contribution in [0.25, 0.3) is 0 Å². The first-order valence-electron chi connectivity index (χ1n) is 3.50. The van der Waals surface area contributed by atoms with Crippen LogP contribution in [-0.2, 0) is 6.42 Å². The summed E-state index contributed by atoms with van der Waals surface area (Å²) in [6.07, 6.45) is 4.45. The molecule has 2 rings (SSSR count). The van der Waals surface area contributed by atoms with Gasteiger partial charge in [0.05, 0.1) is 0 Å². The number of nitrogens with two attached hydrogens (primary N) is 1. The van der Waals surface area contributed by atoms with Gasteiger partial charge in [0.1, 0.15) is 0 Å². The second-order valence-corrected chi connectivity index (χ2v) is 2.57. The van der Waals surface area contributed by atoms with Gasteiger partial charge in [-0.25, -0.2) is 0 Å². The van der Waals surface area contributed by atoms with Crippen molar-refractivity contribution in [2.45, 2.75) is 12.8 Å². The fraction of sp³-hybridized carbons (Fsp3) is 0.222. The number of benzene rings is 1. The van der Waals surface area contributed by atoms with E-state index in [1.54, 1.807) is 0 Å². The van der Waals surface area contributed by atoms with Crippen LogP contribution in [0.5, 0.6) is 0 Å². The molecule has 0 aromatic heterocycles. The molecule has 0 saturated carbocycles. The van der Waals surface area contributed by atoms with Crippen molar-refractivity contribution in [2.75, 3.05) is 5.73 Å². The highest BCUT2D eigenvalue weighted by Gasteiger charge is 2.12. The lowest BCUT2D eigenvalue weighted by Gasteiger charge is -1.99. The summed E-state index contributed by atoms with van der Waals surface area (Å²) in [5.74, 6) is 0. The van der Waals surface area contributed by atoms with E-state index in [4.69, 9.17) is 5.73 Å². The molecule has 1 heteroatoms. The maximum absolute atomic E-state index is 5.70. The Labute approximate surface area is 60.9 Å². The smallest absolute Gasteiger partial charge is 0.0429 e. The Hall–Kier alpha value is -0.980. The molecule has 50 valence electrons. The first-order chi connectivity index (χ1) is 4.88.